The normalized spacial score (nSPS) is 8.36. The van der Waals surface area contributed by atoms with E-state index in [-0.39, 0.29) is 0 Å². The molecule has 0 spiro atoms. The van der Waals surface area contributed by atoms with Crippen LogP contribution in [0.3, 0.4) is 0 Å². The lowest BCUT2D eigenvalue weighted by atomic mass is 10.5. The zero-order chi connectivity index (χ0) is 8.69. The molecule has 0 unspecified atom stereocenters. The van der Waals surface area contributed by atoms with E-state index in [0.29, 0.717) is 0 Å². The van der Waals surface area contributed by atoms with Crippen LogP contribution in [0.25, 0.3) is 0 Å². The molecule has 0 N–H and O–H groups in total. The van der Waals surface area contributed by atoms with Gasteiger partial charge in [-0.3, -0.25) is 0 Å². The molecule has 0 saturated heterocycles. The van der Waals surface area contributed by atoms with E-state index in [1.165, 1.54) is 4.88 Å². The Labute approximate surface area is 73.0 Å². The maximum atomic E-state index is 5.29. The van der Waals surface area contributed by atoms with Gasteiger partial charge in [0.25, 0.3) is 0 Å². The summed E-state index contributed by atoms with van der Waals surface area (Å²) in [5.41, 5.74) is 0. The van der Waals surface area contributed by atoms with Gasteiger partial charge >= 0.3 is 0 Å². The van der Waals surface area contributed by atoms with E-state index in [0.717, 1.165) is 12.4 Å². The van der Waals surface area contributed by atoms with Gasteiger partial charge in [0.05, 0.1) is 6.61 Å². The molecule has 1 rings (SSSR count). The molecule has 2 heteroatoms. The minimum absolute atomic E-state index is 0.761. The van der Waals surface area contributed by atoms with Crippen molar-refractivity contribution in [2.24, 2.45) is 0 Å². The molecule has 0 amide bonds. The van der Waals surface area contributed by atoms with E-state index in [4.69, 9.17) is 4.74 Å². The Morgan fingerprint density at radius 3 is 2.45 bits per heavy atom. The third-order valence-electron chi connectivity index (χ3n) is 1.11. The van der Waals surface area contributed by atoms with Gasteiger partial charge in [0, 0.05) is 4.88 Å². The van der Waals surface area contributed by atoms with Crippen LogP contribution in [0.2, 0.25) is 0 Å². The summed E-state index contributed by atoms with van der Waals surface area (Å²) in [6.45, 7) is 8.82. The molecule has 0 radical (unpaired) electrons. The molecule has 0 aliphatic carbocycles. The highest BCUT2D eigenvalue weighted by Crippen LogP contribution is 2.22. The highest BCUT2D eigenvalue weighted by atomic mass is 32.1. The van der Waals surface area contributed by atoms with Crippen LogP contribution in [-0.2, 0) is 0 Å². The van der Waals surface area contributed by atoms with Gasteiger partial charge in [0.1, 0.15) is 5.75 Å². The average Bonchev–Trinajstić information content (AvgIpc) is 2.42. The molecule has 0 bridgehead atoms. The maximum absolute atomic E-state index is 5.29. The van der Waals surface area contributed by atoms with Gasteiger partial charge in [0.2, 0.25) is 0 Å². The van der Waals surface area contributed by atoms with E-state index in [1.807, 2.05) is 32.2 Å². The predicted octanol–water partition coefficient (Wildman–Crippen LogP) is 3.48. The maximum Gasteiger partial charge on any atom is 0.132 e. The van der Waals surface area contributed by atoms with Crippen molar-refractivity contribution in [3.8, 4) is 5.75 Å². The first-order chi connectivity index (χ1) is 5.34. The minimum atomic E-state index is 0.761. The van der Waals surface area contributed by atoms with Gasteiger partial charge < -0.3 is 4.74 Å². The Balaban J connectivity index is 0.000000461. The van der Waals surface area contributed by atoms with Crippen molar-refractivity contribution in [3.63, 3.8) is 0 Å². The summed E-state index contributed by atoms with van der Waals surface area (Å²) >= 11 is 1.72. The zero-order valence-electron chi connectivity index (χ0n) is 7.68. The summed E-state index contributed by atoms with van der Waals surface area (Å²) in [5.74, 6) is 1.03. The van der Waals surface area contributed by atoms with Gasteiger partial charge in [-0.2, -0.15) is 0 Å². The Bertz CT molecular complexity index is 181. The first-order valence-corrected chi connectivity index (χ1v) is 4.89. The summed E-state index contributed by atoms with van der Waals surface area (Å²) < 4.78 is 5.29. The lowest BCUT2D eigenvalue weighted by molar-refractivity contribution is 0.339. The second kappa shape index (κ2) is 6.23. The number of hydrogen-bond acceptors (Lipinski definition) is 2. The summed E-state index contributed by atoms with van der Waals surface area (Å²) in [5, 5.41) is 2.04. The van der Waals surface area contributed by atoms with Crippen LogP contribution < -0.4 is 4.74 Å². The van der Waals surface area contributed by atoms with Crippen LogP contribution in [0.1, 0.15) is 25.6 Å². The van der Waals surface area contributed by atoms with Crippen LogP contribution in [0.15, 0.2) is 11.4 Å². The van der Waals surface area contributed by atoms with Crippen molar-refractivity contribution in [1.29, 1.82) is 0 Å². The molecular formula is C9H16OS. The van der Waals surface area contributed by atoms with E-state index < -0.39 is 0 Å². The topological polar surface area (TPSA) is 9.23 Å². The summed E-state index contributed by atoms with van der Waals surface area (Å²) in [6.07, 6.45) is 0. The van der Waals surface area contributed by atoms with E-state index in [2.05, 4.69) is 6.92 Å². The molecular weight excluding hydrogens is 156 g/mol. The zero-order valence-corrected chi connectivity index (χ0v) is 8.49. The van der Waals surface area contributed by atoms with Crippen LogP contribution in [-0.4, -0.2) is 6.61 Å². The molecule has 1 nitrogen and oxygen atoms in total. The Hall–Kier alpha value is -0.500. The monoisotopic (exact) mass is 172 g/mol. The van der Waals surface area contributed by atoms with E-state index in [9.17, 15) is 0 Å². The van der Waals surface area contributed by atoms with Crippen molar-refractivity contribution >= 4 is 11.3 Å². The summed E-state index contributed by atoms with van der Waals surface area (Å²) in [4.78, 5) is 1.26. The lowest BCUT2D eigenvalue weighted by Crippen LogP contribution is -1.89. The van der Waals surface area contributed by atoms with Crippen molar-refractivity contribution in [1.82, 2.24) is 0 Å². The minimum Gasteiger partial charge on any atom is -0.493 e. The Morgan fingerprint density at radius 2 is 2.09 bits per heavy atom. The van der Waals surface area contributed by atoms with Gasteiger partial charge in [0.15, 0.2) is 0 Å². The summed E-state index contributed by atoms with van der Waals surface area (Å²) in [7, 11) is 0. The number of rotatable bonds is 2. The number of aryl methyl sites for hydroxylation is 1. The average molecular weight is 172 g/mol. The standard InChI is InChI=1S/C7H10OS.C2H6/c1-3-8-7-4-5-9-6(7)2;1-2/h4-5H,3H2,1-2H3;1-2H3. The first-order valence-electron chi connectivity index (χ1n) is 4.01. The van der Waals surface area contributed by atoms with E-state index >= 15 is 0 Å². The van der Waals surface area contributed by atoms with Crippen LogP contribution in [0.5, 0.6) is 5.75 Å². The molecule has 11 heavy (non-hydrogen) atoms. The molecule has 1 aromatic rings. The fraction of sp³-hybridized carbons (Fsp3) is 0.556. The highest BCUT2D eigenvalue weighted by Gasteiger charge is 1.96. The fourth-order valence-corrected chi connectivity index (χ4v) is 1.32. The van der Waals surface area contributed by atoms with E-state index in [1.54, 1.807) is 11.3 Å². The van der Waals surface area contributed by atoms with Crippen molar-refractivity contribution < 1.29 is 4.74 Å². The predicted molar refractivity (Wildman–Crippen MR) is 51.6 cm³/mol. The molecule has 0 atom stereocenters. The molecule has 0 aliphatic rings. The highest BCUT2D eigenvalue weighted by molar-refractivity contribution is 7.10. The van der Waals surface area contributed by atoms with Crippen LogP contribution in [0, 0.1) is 6.92 Å². The lowest BCUT2D eigenvalue weighted by Gasteiger charge is -1.98. The molecule has 0 aromatic carbocycles. The first kappa shape index (κ1) is 10.5. The third kappa shape index (κ3) is 3.42. The number of thiophene rings is 1. The quantitative estimate of drug-likeness (QED) is 0.663. The van der Waals surface area contributed by atoms with Crippen molar-refractivity contribution in [2.45, 2.75) is 27.7 Å². The van der Waals surface area contributed by atoms with Crippen molar-refractivity contribution in [3.05, 3.63) is 16.3 Å². The van der Waals surface area contributed by atoms with Gasteiger partial charge in [-0.15, -0.1) is 11.3 Å². The van der Waals surface area contributed by atoms with Gasteiger partial charge in [-0.05, 0) is 25.3 Å². The largest absolute Gasteiger partial charge is 0.493 e. The third-order valence-corrected chi connectivity index (χ3v) is 1.94. The molecule has 1 aromatic heterocycles. The smallest absolute Gasteiger partial charge is 0.132 e. The van der Waals surface area contributed by atoms with Crippen LogP contribution >= 0.6 is 11.3 Å². The van der Waals surface area contributed by atoms with Crippen LogP contribution in [0.4, 0.5) is 0 Å². The van der Waals surface area contributed by atoms with Crippen molar-refractivity contribution in [2.75, 3.05) is 6.61 Å². The van der Waals surface area contributed by atoms with Gasteiger partial charge in [-0.25, -0.2) is 0 Å². The number of hydrogen-bond donors (Lipinski definition) is 0. The second-order valence-corrected chi connectivity index (χ2v) is 2.89. The second-order valence-electron chi connectivity index (χ2n) is 1.77. The Kier molecular flexibility index (Phi) is 5.94. The molecule has 64 valence electrons. The summed E-state index contributed by atoms with van der Waals surface area (Å²) in [6, 6.07) is 2.00. The molecule has 1 heterocycles. The molecule has 0 aliphatic heterocycles. The SMILES string of the molecule is CC.CCOc1ccsc1C. The molecule has 0 fully saturated rings. The number of ether oxygens (including phenoxy) is 1. The van der Waals surface area contributed by atoms with Gasteiger partial charge in [-0.1, -0.05) is 13.8 Å². The fourth-order valence-electron chi connectivity index (χ4n) is 0.679. The Morgan fingerprint density at radius 1 is 1.45 bits per heavy atom. The molecule has 0 saturated carbocycles.